The van der Waals surface area contributed by atoms with Gasteiger partial charge in [0, 0.05) is 11.8 Å². The first-order valence-electron chi connectivity index (χ1n) is 4.27. The third-order valence-corrected chi connectivity index (χ3v) is 2.53. The van der Waals surface area contributed by atoms with Gasteiger partial charge < -0.3 is 4.74 Å². The van der Waals surface area contributed by atoms with Crippen molar-refractivity contribution in [3.63, 3.8) is 0 Å². The largest absolute Gasteiger partial charge is 0.462 e. The molecule has 1 rings (SSSR count). The van der Waals surface area contributed by atoms with Gasteiger partial charge in [0.25, 0.3) is 0 Å². The summed E-state index contributed by atoms with van der Waals surface area (Å²) in [6.45, 7) is 2.02. The number of ether oxygens (including phenoxy) is 1. The molecule has 0 radical (unpaired) electrons. The summed E-state index contributed by atoms with van der Waals surface area (Å²) in [5.41, 5.74) is 0.478. The summed E-state index contributed by atoms with van der Waals surface area (Å²) in [6.07, 6.45) is 2.88. The number of aromatic nitrogens is 2. The summed E-state index contributed by atoms with van der Waals surface area (Å²) in [6, 6.07) is 0. The maximum absolute atomic E-state index is 11.3. The molecule has 0 aliphatic heterocycles. The van der Waals surface area contributed by atoms with Crippen molar-refractivity contribution < 1.29 is 9.53 Å². The van der Waals surface area contributed by atoms with E-state index in [0.717, 1.165) is 0 Å². The van der Waals surface area contributed by atoms with Gasteiger partial charge in [0.2, 0.25) is 5.28 Å². The highest BCUT2D eigenvalue weighted by atomic mass is 79.9. The zero-order valence-electron chi connectivity index (χ0n) is 8.21. The first-order valence-corrected chi connectivity index (χ1v) is 5.81. The molecule has 0 bridgehead atoms. The van der Waals surface area contributed by atoms with E-state index < -0.39 is 5.97 Å². The van der Waals surface area contributed by atoms with Crippen LogP contribution in [0.1, 0.15) is 12.5 Å². The number of hydrogen-bond acceptors (Lipinski definition) is 4. The van der Waals surface area contributed by atoms with E-state index in [4.69, 9.17) is 27.9 Å². The van der Waals surface area contributed by atoms with E-state index in [1.807, 2.05) is 0 Å². The standard InChI is InChI=1S/C9H7BrCl2N2O2/c1-2-16-8(15)6(10)3-5-4-13-9(12)14-7(5)11/h3-4H,2H2,1H3. The lowest BCUT2D eigenvalue weighted by Crippen LogP contribution is -2.03. The summed E-state index contributed by atoms with van der Waals surface area (Å²) in [4.78, 5) is 18.8. The molecule has 0 aliphatic carbocycles. The van der Waals surface area contributed by atoms with Crippen molar-refractivity contribution >= 4 is 51.2 Å². The molecule has 0 aliphatic rings. The Morgan fingerprint density at radius 3 is 2.88 bits per heavy atom. The van der Waals surface area contributed by atoms with Gasteiger partial charge in [-0.15, -0.1) is 0 Å². The molecule has 4 nitrogen and oxygen atoms in total. The third kappa shape index (κ3) is 3.73. The summed E-state index contributed by atoms with van der Waals surface area (Å²) in [5.74, 6) is -0.478. The molecule has 0 N–H and O–H groups in total. The molecule has 16 heavy (non-hydrogen) atoms. The summed E-state index contributed by atoms with van der Waals surface area (Å²) in [5, 5.41) is 0.218. The minimum absolute atomic E-state index is 0.0504. The molecule has 0 amide bonds. The van der Waals surface area contributed by atoms with Crippen molar-refractivity contribution in [2.45, 2.75) is 6.92 Å². The van der Waals surface area contributed by atoms with E-state index in [1.54, 1.807) is 6.92 Å². The van der Waals surface area contributed by atoms with Crippen LogP contribution in [0.15, 0.2) is 10.7 Å². The van der Waals surface area contributed by atoms with Crippen LogP contribution in [0.4, 0.5) is 0 Å². The smallest absolute Gasteiger partial charge is 0.345 e. The Morgan fingerprint density at radius 1 is 1.62 bits per heavy atom. The van der Waals surface area contributed by atoms with Gasteiger partial charge >= 0.3 is 5.97 Å². The van der Waals surface area contributed by atoms with Crippen LogP contribution in [0.3, 0.4) is 0 Å². The molecular weight excluding hydrogens is 319 g/mol. The van der Waals surface area contributed by atoms with Crippen LogP contribution in [0.25, 0.3) is 6.08 Å². The van der Waals surface area contributed by atoms with Gasteiger partial charge in [-0.3, -0.25) is 0 Å². The fraction of sp³-hybridized carbons (Fsp3) is 0.222. The first-order chi connectivity index (χ1) is 7.54. The van der Waals surface area contributed by atoms with Gasteiger partial charge in [-0.2, -0.15) is 0 Å². The number of esters is 1. The van der Waals surface area contributed by atoms with E-state index in [-0.39, 0.29) is 14.9 Å². The molecule has 7 heteroatoms. The first kappa shape index (κ1) is 13.4. The van der Waals surface area contributed by atoms with E-state index in [9.17, 15) is 4.79 Å². The zero-order valence-corrected chi connectivity index (χ0v) is 11.3. The normalized spacial score (nSPS) is 11.4. The van der Waals surface area contributed by atoms with Crippen molar-refractivity contribution in [2.24, 2.45) is 0 Å². The summed E-state index contributed by atoms with van der Waals surface area (Å²) in [7, 11) is 0. The maximum atomic E-state index is 11.3. The Balaban J connectivity index is 2.94. The number of halogens is 3. The van der Waals surface area contributed by atoms with E-state index in [1.165, 1.54) is 12.3 Å². The monoisotopic (exact) mass is 324 g/mol. The molecule has 1 aromatic rings. The van der Waals surface area contributed by atoms with E-state index >= 15 is 0 Å². The maximum Gasteiger partial charge on any atom is 0.345 e. The Morgan fingerprint density at radius 2 is 2.31 bits per heavy atom. The predicted molar refractivity (Wildman–Crippen MR) is 65.6 cm³/mol. The van der Waals surface area contributed by atoms with Crippen LogP contribution in [0.5, 0.6) is 0 Å². The number of nitrogens with zero attached hydrogens (tertiary/aromatic N) is 2. The number of carbonyl (C=O) groups excluding carboxylic acids is 1. The molecule has 0 spiro atoms. The minimum Gasteiger partial charge on any atom is -0.462 e. The molecule has 1 aromatic heterocycles. The van der Waals surface area contributed by atoms with Crippen LogP contribution in [0, 0.1) is 0 Å². The van der Waals surface area contributed by atoms with Gasteiger partial charge in [-0.05, 0) is 40.5 Å². The lowest BCUT2D eigenvalue weighted by Gasteiger charge is -2.01. The number of carbonyl (C=O) groups is 1. The van der Waals surface area contributed by atoms with Gasteiger partial charge in [0.05, 0.1) is 6.61 Å². The quantitative estimate of drug-likeness (QED) is 0.371. The Labute approximate surface area is 111 Å². The molecule has 0 fully saturated rings. The average molecular weight is 326 g/mol. The lowest BCUT2D eigenvalue weighted by atomic mass is 10.3. The Kier molecular flexibility index (Phi) is 5.18. The van der Waals surface area contributed by atoms with Gasteiger partial charge in [-0.25, -0.2) is 14.8 Å². The highest BCUT2D eigenvalue weighted by molar-refractivity contribution is 9.12. The van der Waals surface area contributed by atoms with Crippen LogP contribution in [0.2, 0.25) is 10.4 Å². The number of rotatable bonds is 3. The fourth-order valence-corrected chi connectivity index (χ4v) is 1.56. The minimum atomic E-state index is -0.478. The molecule has 0 unspecified atom stereocenters. The topological polar surface area (TPSA) is 52.1 Å². The zero-order chi connectivity index (χ0) is 12.1. The molecule has 0 aromatic carbocycles. The average Bonchev–Trinajstić information content (AvgIpc) is 2.22. The second-order valence-electron chi connectivity index (χ2n) is 2.60. The van der Waals surface area contributed by atoms with Crippen molar-refractivity contribution in [3.05, 3.63) is 26.7 Å². The second-order valence-corrected chi connectivity index (χ2v) is 4.15. The van der Waals surface area contributed by atoms with Crippen molar-refractivity contribution in [1.82, 2.24) is 9.97 Å². The summed E-state index contributed by atoms with van der Waals surface area (Å²) >= 11 is 14.4. The molecule has 86 valence electrons. The SMILES string of the molecule is CCOC(=O)C(Br)=Cc1cnc(Cl)nc1Cl. The second kappa shape index (κ2) is 6.18. The molecule has 0 saturated heterocycles. The lowest BCUT2D eigenvalue weighted by molar-refractivity contribution is -0.137. The van der Waals surface area contributed by atoms with E-state index in [0.29, 0.717) is 12.2 Å². The fourth-order valence-electron chi connectivity index (χ4n) is 0.843. The molecule has 0 atom stereocenters. The predicted octanol–water partition coefficient (Wildman–Crippen LogP) is 3.08. The van der Waals surface area contributed by atoms with Crippen molar-refractivity contribution in [3.8, 4) is 0 Å². The molecule has 0 saturated carbocycles. The van der Waals surface area contributed by atoms with Gasteiger partial charge in [0.15, 0.2) is 0 Å². The number of hydrogen-bond donors (Lipinski definition) is 0. The van der Waals surface area contributed by atoms with Crippen molar-refractivity contribution in [2.75, 3.05) is 6.61 Å². The van der Waals surface area contributed by atoms with Crippen LogP contribution < -0.4 is 0 Å². The van der Waals surface area contributed by atoms with E-state index in [2.05, 4.69) is 25.9 Å². The summed E-state index contributed by atoms with van der Waals surface area (Å²) < 4.78 is 5.01. The van der Waals surface area contributed by atoms with Crippen LogP contribution in [-0.2, 0) is 9.53 Å². The van der Waals surface area contributed by atoms with Gasteiger partial charge in [-0.1, -0.05) is 11.6 Å². The highest BCUT2D eigenvalue weighted by Crippen LogP contribution is 2.20. The highest BCUT2D eigenvalue weighted by Gasteiger charge is 2.09. The Bertz CT molecular complexity index is 438. The van der Waals surface area contributed by atoms with Crippen LogP contribution >= 0.6 is 39.1 Å². The van der Waals surface area contributed by atoms with Crippen molar-refractivity contribution in [1.29, 1.82) is 0 Å². The molecule has 1 heterocycles. The van der Waals surface area contributed by atoms with Gasteiger partial charge in [0.1, 0.15) is 9.64 Å². The van der Waals surface area contributed by atoms with Crippen LogP contribution in [-0.4, -0.2) is 22.5 Å². The Hall–Kier alpha value is -0.650. The molecular formula is C9H7BrCl2N2O2. The third-order valence-electron chi connectivity index (χ3n) is 1.49.